The number of primary amides is 1. The lowest BCUT2D eigenvalue weighted by atomic mass is 9.81. The second-order valence-electron chi connectivity index (χ2n) is 9.55. The fraction of sp³-hybridized carbons (Fsp3) is 0.222. The highest BCUT2D eigenvalue weighted by Gasteiger charge is 2.57. The van der Waals surface area contributed by atoms with Gasteiger partial charge in [0.1, 0.15) is 29.3 Å². The normalized spacial score (nSPS) is 18.3. The highest BCUT2D eigenvalue weighted by molar-refractivity contribution is 5.98. The van der Waals surface area contributed by atoms with Gasteiger partial charge in [0.2, 0.25) is 11.5 Å². The van der Waals surface area contributed by atoms with Crippen LogP contribution in [-0.2, 0) is 15.8 Å². The number of amides is 2. The Morgan fingerprint density at radius 1 is 1.15 bits per heavy atom. The average Bonchev–Trinajstić information content (AvgIpc) is 3.51. The number of nitrogens with two attached hydrogens (primary N) is 1. The van der Waals surface area contributed by atoms with Gasteiger partial charge in [-0.3, -0.25) is 9.59 Å². The number of nitrogens with zero attached hydrogens (tertiary/aromatic N) is 1. The third kappa shape index (κ3) is 4.36. The first kappa shape index (κ1) is 26.2. The Hall–Kier alpha value is -4.45. The first-order valence-electron chi connectivity index (χ1n) is 11.7. The highest BCUT2D eigenvalue weighted by Crippen LogP contribution is 2.47. The number of hydrogen-bond donors (Lipinski definition) is 4. The zero-order chi connectivity index (χ0) is 28.2. The van der Waals surface area contributed by atoms with Gasteiger partial charge in [0.25, 0.3) is 5.91 Å². The Bertz CT molecular complexity index is 1600. The van der Waals surface area contributed by atoms with Crippen LogP contribution in [0.3, 0.4) is 0 Å². The van der Waals surface area contributed by atoms with Gasteiger partial charge in [0, 0.05) is 33.8 Å². The molecule has 0 bridgehead atoms. The van der Waals surface area contributed by atoms with Gasteiger partial charge in [-0.25, -0.2) is 9.37 Å². The van der Waals surface area contributed by atoms with E-state index in [-0.39, 0.29) is 34.7 Å². The molecule has 3 heterocycles. The first-order valence-corrected chi connectivity index (χ1v) is 11.7. The van der Waals surface area contributed by atoms with Crippen molar-refractivity contribution in [1.82, 2.24) is 15.3 Å². The number of fused-ring (bicyclic) bond motifs is 2. The van der Waals surface area contributed by atoms with Crippen molar-refractivity contribution < 1.29 is 37.0 Å². The number of rotatable bonds is 6. The summed E-state index contributed by atoms with van der Waals surface area (Å²) < 4.78 is 62.7. The number of aromatic nitrogens is 2. The molecule has 202 valence electrons. The molecular weight excluding hydrogens is 520 g/mol. The molecule has 0 radical (unpaired) electrons. The summed E-state index contributed by atoms with van der Waals surface area (Å²) in [6.45, 7) is -0.173. The standard InChI is InChI=1S/C27H22F4N4O4/c1-25(24(32)37)13-39-22-18(25)11-20(35-21(22)14-2-5-17(28)6-3-14)26(38,27(29,30)31)12-34-23(36)16-4-7-19-15(10-16)8-9-33-19/h2-11,33,38H,12-13H2,1H3,(H2,32,37)(H,34,36)/t25-,26?/m0/s1. The minimum Gasteiger partial charge on any atom is -0.489 e. The summed E-state index contributed by atoms with van der Waals surface area (Å²) in [6, 6.07) is 11.8. The summed E-state index contributed by atoms with van der Waals surface area (Å²) in [5, 5.41) is 13.9. The van der Waals surface area contributed by atoms with Crippen molar-refractivity contribution in [3.63, 3.8) is 0 Å². The number of nitrogens with one attached hydrogen (secondary N) is 2. The van der Waals surface area contributed by atoms with E-state index in [2.05, 4.69) is 15.3 Å². The number of aromatic amines is 1. The Kier molecular flexibility index (Phi) is 6.10. The lowest BCUT2D eigenvalue weighted by Crippen LogP contribution is -2.51. The molecule has 0 saturated carbocycles. The van der Waals surface area contributed by atoms with Crippen LogP contribution in [0.4, 0.5) is 17.6 Å². The average molecular weight is 542 g/mol. The van der Waals surface area contributed by atoms with Crippen LogP contribution in [0.5, 0.6) is 5.75 Å². The van der Waals surface area contributed by atoms with E-state index in [0.717, 1.165) is 23.7 Å². The van der Waals surface area contributed by atoms with E-state index in [9.17, 15) is 32.3 Å². The second-order valence-corrected chi connectivity index (χ2v) is 9.55. The molecule has 0 spiro atoms. The van der Waals surface area contributed by atoms with Crippen molar-refractivity contribution in [2.75, 3.05) is 13.2 Å². The molecule has 0 fully saturated rings. The Balaban J connectivity index is 1.59. The number of carbonyl (C=O) groups excluding carboxylic acids is 2. The lowest BCUT2D eigenvalue weighted by Gasteiger charge is -2.31. The van der Waals surface area contributed by atoms with Crippen molar-refractivity contribution in [3.8, 4) is 17.0 Å². The van der Waals surface area contributed by atoms with Gasteiger partial charge in [0.05, 0.1) is 12.2 Å². The predicted molar refractivity (Wildman–Crippen MR) is 132 cm³/mol. The van der Waals surface area contributed by atoms with E-state index in [1.54, 1.807) is 18.3 Å². The summed E-state index contributed by atoms with van der Waals surface area (Å²) >= 11 is 0. The number of H-pyrrole nitrogens is 1. The molecular formula is C27H22F4N4O4. The van der Waals surface area contributed by atoms with E-state index in [1.165, 1.54) is 31.2 Å². The minimum absolute atomic E-state index is 0.0139. The van der Waals surface area contributed by atoms with Gasteiger partial charge in [-0.15, -0.1) is 0 Å². The maximum atomic E-state index is 14.5. The van der Waals surface area contributed by atoms with E-state index >= 15 is 0 Å². The number of benzene rings is 2. The Labute approximate surface area is 218 Å². The Morgan fingerprint density at radius 2 is 1.87 bits per heavy atom. The van der Waals surface area contributed by atoms with Gasteiger partial charge < -0.3 is 25.9 Å². The summed E-state index contributed by atoms with van der Waals surface area (Å²) in [5.41, 5.74) is 0.264. The van der Waals surface area contributed by atoms with Crippen molar-refractivity contribution in [2.45, 2.75) is 24.1 Å². The molecule has 1 unspecified atom stereocenters. The van der Waals surface area contributed by atoms with Crippen LogP contribution in [0.2, 0.25) is 0 Å². The van der Waals surface area contributed by atoms with Crippen molar-refractivity contribution in [2.24, 2.45) is 5.73 Å². The van der Waals surface area contributed by atoms with E-state index in [0.29, 0.717) is 5.39 Å². The number of carbonyl (C=O) groups is 2. The van der Waals surface area contributed by atoms with Crippen LogP contribution in [-0.4, -0.2) is 46.2 Å². The van der Waals surface area contributed by atoms with Crippen molar-refractivity contribution in [1.29, 1.82) is 0 Å². The maximum absolute atomic E-state index is 14.5. The monoisotopic (exact) mass is 542 g/mol. The highest BCUT2D eigenvalue weighted by atomic mass is 19.4. The molecule has 2 amide bonds. The number of aliphatic hydroxyl groups is 1. The predicted octanol–water partition coefficient (Wildman–Crippen LogP) is 3.68. The van der Waals surface area contributed by atoms with Crippen LogP contribution in [0.15, 0.2) is 60.8 Å². The zero-order valence-electron chi connectivity index (χ0n) is 20.4. The molecule has 8 nitrogen and oxygen atoms in total. The Morgan fingerprint density at radius 3 is 2.54 bits per heavy atom. The van der Waals surface area contributed by atoms with Gasteiger partial charge >= 0.3 is 6.18 Å². The minimum atomic E-state index is -5.31. The second kappa shape index (κ2) is 9.09. The molecule has 12 heteroatoms. The van der Waals surface area contributed by atoms with E-state index < -0.39 is 47.1 Å². The number of ether oxygens (including phenoxy) is 1. The van der Waals surface area contributed by atoms with E-state index in [1.807, 2.05) is 0 Å². The molecule has 2 atom stereocenters. The summed E-state index contributed by atoms with van der Waals surface area (Å²) in [5.74, 6) is -2.33. The molecule has 2 aromatic heterocycles. The quantitative estimate of drug-likeness (QED) is 0.276. The van der Waals surface area contributed by atoms with Crippen LogP contribution in [0, 0.1) is 5.82 Å². The van der Waals surface area contributed by atoms with Crippen LogP contribution in [0.25, 0.3) is 22.2 Å². The third-order valence-corrected chi connectivity index (χ3v) is 6.95. The number of halogens is 4. The fourth-order valence-electron chi connectivity index (χ4n) is 4.44. The maximum Gasteiger partial charge on any atom is 0.424 e. The summed E-state index contributed by atoms with van der Waals surface area (Å²) in [6.07, 6.45) is -3.66. The van der Waals surface area contributed by atoms with Gasteiger partial charge in [0.15, 0.2) is 0 Å². The molecule has 1 aliphatic rings. The van der Waals surface area contributed by atoms with Crippen molar-refractivity contribution >= 4 is 22.7 Å². The van der Waals surface area contributed by atoms with Crippen LogP contribution < -0.4 is 15.8 Å². The summed E-state index contributed by atoms with van der Waals surface area (Å²) in [7, 11) is 0. The number of hydrogen-bond acceptors (Lipinski definition) is 5. The molecule has 0 aliphatic carbocycles. The van der Waals surface area contributed by atoms with Gasteiger partial charge in [-0.05, 0) is 61.5 Å². The topological polar surface area (TPSA) is 130 Å². The van der Waals surface area contributed by atoms with Crippen LogP contribution in [0.1, 0.15) is 28.5 Å². The molecule has 2 aromatic carbocycles. The molecule has 1 aliphatic heterocycles. The SMILES string of the molecule is C[C@]1(C(N)=O)COc2c1cc(C(O)(CNC(=O)c1ccc3[nH]ccc3c1)C(F)(F)F)nc2-c1ccc(F)cc1. The van der Waals surface area contributed by atoms with E-state index in [4.69, 9.17) is 10.5 Å². The largest absolute Gasteiger partial charge is 0.489 e. The number of alkyl halides is 3. The lowest BCUT2D eigenvalue weighted by molar-refractivity contribution is -0.265. The molecule has 39 heavy (non-hydrogen) atoms. The third-order valence-electron chi connectivity index (χ3n) is 6.95. The molecule has 4 aromatic rings. The van der Waals surface area contributed by atoms with Gasteiger partial charge in [-0.2, -0.15) is 13.2 Å². The number of pyridine rings is 1. The summed E-state index contributed by atoms with van der Waals surface area (Å²) in [4.78, 5) is 32.1. The smallest absolute Gasteiger partial charge is 0.424 e. The van der Waals surface area contributed by atoms with Crippen LogP contribution >= 0.6 is 0 Å². The molecule has 0 saturated heterocycles. The van der Waals surface area contributed by atoms with Crippen molar-refractivity contribution in [3.05, 3.63) is 83.4 Å². The van der Waals surface area contributed by atoms with Gasteiger partial charge in [-0.1, -0.05) is 0 Å². The zero-order valence-corrected chi connectivity index (χ0v) is 20.4. The fourth-order valence-corrected chi connectivity index (χ4v) is 4.44. The first-order chi connectivity index (χ1) is 18.3. The molecule has 5 N–H and O–H groups in total. The molecule has 5 rings (SSSR count).